The molecule has 2 heterocycles. The average molecular weight is 402 g/mol. The summed E-state index contributed by atoms with van der Waals surface area (Å²) in [6.45, 7) is -1.72. The van der Waals surface area contributed by atoms with Crippen LogP contribution in [0.15, 0.2) is 27.5 Å². The van der Waals surface area contributed by atoms with Crippen LogP contribution in [-0.4, -0.2) is 25.1 Å². The third-order valence-electron chi connectivity index (χ3n) is 2.66. The van der Waals surface area contributed by atoms with Crippen LogP contribution in [-0.2, 0) is 0 Å². The van der Waals surface area contributed by atoms with Gasteiger partial charge in [-0.25, -0.2) is 14.3 Å². The maximum Gasteiger partial charge on any atom is 0.356 e. The van der Waals surface area contributed by atoms with Gasteiger partial charge in [0.2, 0.25) is 0 Å². The molecule has 2 aromatic heterocycles. The van der Waals surface area contributed by atoms with E-state index in [4.69, 9.17) is 34.8 Å². The van der Waals surface area contributed by atoms with Gasteiger partial charge in [0.25, 0.3) is 0 Å². The Kier molecular flexibility index (Phi) is 6.07. The van der Waals surface area contributed by atoms with Crippen molar-refractivity contribution in [3.8, 4) is 5.82 Å². The van der Waals surface area contributed by atoms with Crippen molar-refractivity contribution in [2.75, 3.05) is 5.75 Å². The molecule has 11 heteroatoms. The zero-order chi connectivity index (χ0) is 17.1. The van der Waals surface area contributed by atoms with Gasteiger partial charge in [0.05, 0.1) is 10.0 Å². The molecule has 124 valence electrons. The molecular formula is C12H9Cl3F2N4OS. The van der Waals surface area contributed by atoms with Gasteiger partial charge in [-0.2, -0.15) is 13.5 Å². The first-order valence-electron chi connectivity index (χ1n) is 6.07. The predicted octanol–water partition coefficient (Wildman–Crippen LogP) is 4.28. The highest BCUT2D eigenvalue weighted by Gasteiger charge is 2.21. The summed E-state index contributed by atoms with van der Waals surface area (Å²) in [4.78, 5) is 16.2. The highest BCUT2D eigenvalue weighted by atomic mass is 35.5. The van der Waals surface area contributed by atoms with E-state index < -0.39 is 12.2 Å². The molecule has 2 rings (SSSR count). The Morgan fingerprint density at radius 2 is 2.09 bits per heavy atom. The van der Waals surface area contributed by atoms with Crippen molar-refractivity contribution in [2.24, 2.45) is 0 Å². The van der Waals surface area contributed by atoms with Crippen molar-refractivity contribution in [3.05, 3.63) is 44.0 Å². The summed E-state index contributed by atoms with van der Waals surface area (Å²) in [6, 6.07) is 1.38. The summed E-state index contributed by atoms with van der Waals surface area (Å²) in [5.74, 6) is 0.259. The smallest absolute Gasteiger partial charge is 0.245 e. The van der Waals surface area contributed by atoms with Gasteiger partial charge >= 0.3 is 12.2 Å². The summed E-state index contributed by atoms with van der Waals surface area (Å²) in [6.07, 6.45) is 1.67. The molecule has 0 atom stereocenters. The summed E-state index contributed by atoms with van der Waals surface area (Å²) in [5, 5.41) is 4.44. The maximum absolute atomic E-state index is 12.9. The van der Waals surface area contributed by atoms with Gasteiger partial charge in [0.1, 0.15) is 10.9 Å². The predicted molar refractivity (Wildman–Crippen MR) is 87.3 cm³/mol. The molecule has 2 aromatic rings. The van der Waals surface area contributed by atoms with Crippen molar-refractivity contribution in [3.63, 3.8) is 0 Å². The van der Waals surface area contributed by atoms with Crippen molar-refractivity contribution < 1.29 is 8.78 Å². The third kappa shape index (κ3) is 3.88. The van der Waals surface area contributed by atoms with Gasteiger partial charge in [0, 0.05) is 11.3 Å². The lowest BCUT2D eigenvalue weighted by Crippen LogP contribution is -2.25. The van der Waals surface area contributed by atoms with Crippen LogP contribution < -0.4 is 5.69 Å². The van der Waals surface area contributed by atoms with Crippen LogP contribution in [0.5, 0.6) is 0 Å². The van der Waals surface area contributed by atoms with Gasteiger partial charge in [-0.3, -0.25) is 0 Å². The van der Waals surface area contributed by atoms with Crippen molar-refractivity contribution in [2.45, 2.75) is 18.5 Å². The first-order chi connectivity index (χ1) is 10.9. The molecule has 0 N–H and O–H groups in total. The lowest BCUT2D eigenvalue weighted by Gasteiger charge is -2.07. The third-order valence-corrected chi connectivity index (χ3v) is 4.46. The van der Waals surface area contributed by atoms with E-state index in [1.165, 1.54) is 30.3 Å². The van der Waals surface area contributed by atoms with Crippen LogP contribution in [0.3, 0.4) is 0 Å². The highest BCUT2D eigenvalue weighted by Crippen LogP contribution is 2.30. The Bertz CT molecular complexity index is 806. The topological polar surface area (TPSA) is 52.7 Å². The second-order valence-electron chi connectivity index (χ2n) is 4.14. The maximum atomic E-state index is 12.9. The number of hydrogen-bond donors (Lipinski definition) is 0. The van der Waals surface area contributed by atoms with Crippen molar-refractivity contribution in [1.29, 1.82) is 0 Å². The Labute approximate surface area is 148 Å². The molecule has 0 saturated carbocycles. The van der Waals surface area contributed by atoms with Crippen LogP contribution in [0, 0.1) is 6.92 Å². The lowest BCUT2D eigenvalue weighted by molar-refractivity contribution is 0.0640. The number of nitrogens with zero attached hydrogens (tertiary/aromatic N) is 4. The first kappa shape index (κ1) is 18.3. The molecule has 5 nitrogen and oxygen atoms in total. The molecule has 0 aliphatic rings. The fourth-order valence-corrected chi connectivity index (χ4v) is 3.19. The van der Waals surface area contributed by atoms with Gasteiger partial charge in [-0.15, -0.1) is 16.9 Å². The van der Waals surface area contributed by atoms with E-state index in [1.807, 2.05) is 0 Å². The normalized spacial score (nSPS) is 11.8. The molecule has 0 amide bonds. The van der Waals surface area contributed by atoms with Gasteiger partial charge in [-0.05, 0) is 13.0 Å². The average Bonchev–Trinajstić information content (AvgIpc) is 2.76. The molecule has 0 aliphatic carbocycles. The van der Waals surface area contributed by atoms with E-state index in [1.54, 1.807) is 6.08 Å². The Hall–Kier alpha value is -1.09. The van der Waals surface area contributed by atoms with Gasteiger partial charge in [0.15, 0.2) is 5.82 Å². The van der Waals surface area contributed by atoms with E-state index in [9.17, 15) is 13.6 Å². The number of halogens is 5. The zero-order valence-electron chi connectivity index (χ0n) is 11.5. The number of rotatable bonds is 5. The Morgan fingerprint density at radius 1 is 1.39 bits per heavy atom. The Balaban J connectivity index is 2.53. The van der Waals surface area contributed by atoms with Crippen LogP contribution in [0.4, 0.5) is 8.78 Å². The zero-order valence-corrected chi connectivity index (χ0v) is 14.6. The molecule has 0 fully saturated rings. The fourth-order valence-electron chi connectivity index (χ4n) is 1.69. The van der Waals surface area contributed by atoms with E-state index in [2.05, 4.69) is 10.1 Å². The molecular weight excluding hydrogens is 393 g/mol. The van der Waals surface area contributed by atoms with Crippen LogP contribution in [0.1, 0.15) is 12.4 Å². The molecule has 0 radical (unpaired) electrons. The summed E-state index contributed by atoms with van der Waals surface area (Å²) in [5.41, 5.74) is 0.307. The second-order valence-corrected chi connectivity index (χ2v) is 6.22. The monoisotopic (exact) mass is 400 g/mol. The van der Waals surface area contributed by atoms with Crippen LogP contribution in [0.25, 0.3) is 5.82 Å². The summed E-state index contributed by atoms with van der Waals surface area (Å²) in [7, 11) is 0. The number of pyridine rings is 1. The number of alkyl halides is 2. The largest absolute Gasteiger partial charge is 0.356 e. The number of thioether (sulfide) groups is 1. The van der Waals surface area contributed by atoms with Gasteiger partial charge < -0.3 is 0 Å². The van der Waals surface area contributed by atoms with Crippen molar-refractivity contribution in [1.82, 2.24) is 19.3 Å². The minimum atomic E-state index is -3.01. The second kappa shape index (κ2) is 7.65. The molecule has 0 saturated heterocycles. The molecule has 0 bridgehead atoms. The molecule has 0 unspecified atom stereocenters. The lowest BCUT2D eigenvalue weighted by atomic mass is 10.4. The van der Waals surface area contributed by atoms with Crippen molar-refractivity contribution >= 4 is 46.6 Å². The molecule has 23 heavy (non-hydrogen) atoms. The molecule has 0 aliphatic heterocycles. The number of aryl methyl sites for hydroxylation is 1. The summed E-state index contributed by atoms with van der Waals surface area (Å²) < 4.78 is 26.7. The minimum absolute atomic E-state index is 0.0215. The number of hydrogen-bond acceptors (Lipinski definition) is 4. The van der Waals surface area contributed by atoms with E-state index >= 15 is 0 Å². The number of aromatic nitrogens is 4. The highest BCUT2D eigenvalue weighted by molar-refractivity contribution is 7.99. The summed E-state index contributed by atoms with van der Waals surface area (Å²) >= 11 is 18.7. The van der Waals surface area contributed by atoms with Gasteiger partial charge in [-0.1, -0.05) is 40.9 Å². The minimum Gasteiger partial charge on any atom is -0.245 e. The first-order valence-corrected chi connectivity index (χ1v) is 8.25. The van der Waals surface area contributed by atoms with E-state index in [0.29, 0.717) is 10.8 Å². The fraction of sp³-hybridized carbons (Fsp3) is 0.250. The van der Waals surface area contributed by atoms with E-state index in [0.717, 1.165) is 4.68 Å². The van der Waals surface area contributed by atoms with Crippen LogP contribution in [0.2, 0.25) is 10.0 Å². The molecule has 0 spiro atoms. The SMILES string of the molecule is Cc1nn(-c2nc(SC/C=C/Cl)c(Cl)cc2Cl)c(=O)n1C(F)F. The van der Waals surface area contributed by atoms with Crippen LogP contribution >= 0.6 is 46.6 Å². The quantitative estimate of drug-likeness (QED) is 0.702. The van der Waals surface area contributed by atoms with E-state index in [-0.39, 0.29) is 26.3 Å². The standard InChI is InChI=1S/C12H9Cl3F2N4OS/c1-6-19-21(12(22)20(6)11(16)17)9-7(14)5-8(15)10(18-9)23-4-2-3-13/h2-3,5,11H,4H2,1H3/b3-2+. The molecule has 0 aromatic carbocycles. The Morgan fingerprint density at radius 3 is 2.65 bits per heavy atom.